The van der Waals surface area contributed by atoms with Crippen LogP contribution in [0.4, 0.5) is 0 Å². The highest BCUT2D eigenvalue weighted by Crippen LogP contribution is 2.31. The Labute approximate surface area is 78.1 Å². The number of hydrogen-bond donors (Lipinski definition) is 2. The van der Waals surface area contributed by atoms with Gasteiger partial charge in [-0.05, 0) is 32.2 Å². The molecule has 0 heterocycles. The number of esters is 1. The summed E-state index contributed by atoms with van der Waals surface area (Å²) in [7, 11) is 0. The molecule has 0 radical (unpaired) electrons. The molecule has 1 rings (SSSR count). The number of carbonyl (C=O) groups excluding carboxylic acids is 1. The second kappa shape index (κ2) is 4.58. The number of rotatable bonds is 3. The Balaban J connectivity index is 2.43. The second-order valence-electron chi connectivity index (χ2n) is 3.48. The van der Waals surface area contributed by atoms with Crippen LogP contribution in [0.3, 0.4) is 0 Å². The minimum absolute atomic E-state index is 0.0643. The van der Waals surface area contributed by atoms with E-state index >= 15 is 0 Å². The highest BCUT2D eigenvalue weighted by Gasteiger charge is 2.36. The fraction of sp³-hybridized carbons (Fsp3) is 0.889. The maximum absolute atomic E-state index is 11.3. The smallest absolute Gasteiger partial charge is 0.309 e. The first-order valence-corrected chi connectivity index (χ1v) is 4.73. The molecule has 4 nitrogen and oxygen atoms in total. The third-order valence-electron chi connectivity index (χ3n) is 2.58. The molecule has 1 aliphatic carbocycles. The third-order valence-corrected chi connectivity index (χ3v) is 2.58. The standard InChI is InChI=1S/C9H17NO3/c1-2-13-9(12)6-3-7(5-10)8(11)4-6/h6-8,11H,2-5,10H2,1H3/t6-,7+,8+/m0/s1. The lowest BCUT2D eigenvalue weighted by Gasteiger charge is -2.09. The van der Waals surface area contributed by atoms with Gasteiger partial charge in [0.05, 0.1) is 18.6 Å². The molecule has 0 aromatic carbocycles. The van der Waals surface area contributed by atoms with Crippen molar-refractivity contribution in [2.24, 2.45) is 17.6 Å². The highest BCUT2D eigenvalue weighted by atomic mass is 16.5. The number of carbonyl (C=O) groups is 1. The van der Waals surface area contributed by atoms with Gasteiger partial charge in [-0.15, -0.1) is 0 Å². The molecule has 0 unspecified atom stereocenters. The van der Waals surface area contributed by atoms with Gasteiger partial charge in [0.1, 0.15) is 0 Å². The molecule has 1 fully saturated rings. The van der Waals surface area contributed by atoms with Crippen molar-refractivity contribution in [2.45, 2.75) is 25.9 Å². The van der Waals surface area contributed by atoms with Gasteiger partial charge in [-0.1, -0.05) is 0 Å². The topological polar surface area (TPSA) is 72.5 Å². The molecular formula is C9H17NO3. The van der Waals surface area contributed by atoms with Crippen LogP contribution in [0, 0.1) is 11.8 Å². The Morgan fingerprint density at radius 2 is 2.31 bits per heavy atom. The monoisotopic (exact) mass is 187 g/mol. The molecule has 3 N–H and O–H groups in total. The predicted octanol–water partition coefficient (Wildman–Crippen LogP) is -0.105. The molecule has 13 heavy (non-hydrogen) atoms. The van der Waals surface area contributed by atoms with Gasteiger partial charge in [-0.3, -0.25) is 4.79 Å². The second-order valence-corrected chi connectivity index (χ2v) is 3.48. The summed E-state index contributed by atoms with van der Waals surface area (Å²) in [6.07, 6.45) is 0.733. The zero-order valence-corrected chi connectivity index (χ0v) is 7.90. The molecule has 76 valence electrons. The first kappa shape index (κ1) is 10.5. The van der Waals surface area contributed by atoms with E-state index in [0.29, 0.717) is 26.0 Å². The van der Waals surface area contributed by atoms with E-state index in [-0.39, 0.29) is 17.8 Å². The number of aliphatic hydroxyl groups is 1. The van der Waals surface area contributed by atoms with Crippen molar-refractivity contribution >= 4 is 5.97 Å². The van der Waals surface area contributed by atoms with E-state index in [1.165, 1.54) is 0 Å². The summed E-state index contributed by atoms with van der Waals surface area (Å²) in [6, 6.07) is 0. The Morgan fingerprint density at radius 1 is 1.62 bits per heavy atom. The molecule has 0 bridgehead atoms. The lowest BCUT2D eigenvalue weighted by atomic mass is 10.1. The first-order valence-electron chi connectivity index (χ1n) is 4.73. The Morgan fingerprint density at radius 3 is 2.77 bits per heavy atom. The molecule has 1 aliphatic rings. The van der Waals surface area contributed by atoms with Crippen LogP contribution in [0.25, 0.3) is 0 Å². The SMILES string of the molecule is CCOC(=O)[C@H]1C[C@H](CN)[C@H](O)C1. The van der Waals surface area contributed by atoms with E-state index in [1.807, 2.05) is 0 Å². The fourth-order valence-electron chi connectivity index (χ4n) is 1.81. The summed E-state index contributed by atoms with van der Waals surface area (Å²) >= 11 is 0. The maximum atomic E-state index is 11.3. The van der Waals surface area contributed by atoms with E-state index in [4.69, 9.17) is 10.5 Å². The first-order chi connectivity index (χ1) is 6.19. The van der Waals surface area contributed by atoms with Crippen LogP contribution < -0.4 is 5.73 Å². The minimum atomic E-state index is -0.431. The van der Waals surface area contributed by atoms with Crippen LogP contribution in [0.1, 0.15) is 19.8 Å². The zero-order valence-electron chi connectivity index (χ0n) is 7.90. The van der Waals surface area contributed by atoms with Crippen molar-refractivity contribution in [2.75, 3.05) is 13.2 Å². The molecule has 0 aromatic rings. The lowest BCUT2D eigenvalue weighted by molar-refractivity contribution is -0.148. The minimum Gasteiger partial charge on any atom is -0.466 e. The number of aliphatic hydroxyl groups excluding tert-OH is 1. The molecular weight excluding hydrogens is 170 g/mol. The summed E-state index contributed by atoms with van der Waals surface area (Å²) in [4.78, 5) is 11.3. The van der Waals surface area contributed by atoms with Crippen molar-refractivity contribution in [3.8, 4) is 0 Å². The van der Waals surface area contributed by atoms with Gasteiger partial charge in [0.15, 0.2) is 0 Å². The number of hydrogen-bond acceptors (Lipinski definition) is 4. The Kier molecular flexibility index (Phi) is 3.69. The third kappa shape index (κ3) is 2.42. The van der Waals surface area contributed by atoms with Crippen molar-refractivity contribution in [3.63, 3.8) is 0 Å². The van der Waals surface area contributed by atoms with Gasteiger partial charge in [-0.2, -0.15) is 0 Å². The summed E-state index contributed by atoms with van der Waals surface area (Å²) < 4.78 is 4.88. The normalized spacial score (nSPS) is 33.3. The van der Waals surface area contributed by atoms with Crippen molar-refractivity contribution in [3.05, 3.63) is 0 Å². The van der Waals surface area contributed by atoms with Gasteiger partial charge in [0.25, 0.3) is 0 Å². The largest absolute Gasteiger partial charge is 0.466 e. The van der Waals surface area contributed by atoms with E-state index in [9.17, 15) is 9.90 Å². The fourth-order valence-corrected chi connectivity index (χ4v) is 1.81. The van der Waals surface area contributed by atoms with Gasteiger partial charge in [0, 0.05) is 0 Å². The molecule has 0 aromatic heterocycles. The molecule has 0 saturated heterocycles. The molecule has 4 heteroatoms. The average molecular weight is 187 g/mol. The maximum Gasteiger partial charge on any atom is 0.309 e. The molecule has 0 spiro atoms. The van der Waals surface area contributed by atoms with Crippen LogP contribution in [-0.4, -0.2) is 30.3 Å². The summed E-state index contributed by atoms with van der Waals surface area (Å²) in [6.45, 7) is 2.62. The quantitative estimate of drug-likeness (QED) is 0.605. The van der Waals surface area contributed by atoms with E-state index in [0.717, 1.165) is 0 Å². The van der Waals surface area contributed by atoms with Gasteiger partial charge < -0.3 is 15.6 Å². The van der Waals surface area contributed by atoms with Crippen LogP contribution in [0.15, 0.2) is 0 Å². The summed E-state index contributed by atoms with van der Waals surface area (Å²) in [5.74, 6) is -0.282. The predicted molar refractivity (Wildman–Crippen MR) is 47.9 cm³/mol. The Bertz CT molecular complexity index is 184. The molecule has 3 atom stereocenters. The van der Waals surface area contributed by atoms with Crippen LogP contribution in [0.5, 0.6) is 0 Å². The van der Waals surface area contributed by atoms with Gasteiger partial charge >= 0.3 is 5.97 Å². The van der Waals surface area contributed by atoms with Crippen molar-refractivity contribution < 1.29 is 14.6 Å². The zero-order chi connectivity index (χ0) is 9.84. The van der Waals surface area contributed by atoms with E-state index < -0.39 is 6.10 Å². The molecule has 1 saturated carbocycles. The highest BCUT2D eigenvalue weighted by molar-refractivity contribution is 5.72. The van der Waals surface area contributed by atoms with Crippen LogP contribution in [0.2, 0.25) is 0 Å². The van der Waals surface area contributed by atoms with E-state index in [2.05, 4.69) is 0 Å². The lowest BCUT2D eigenvalue weighted by Crippen LogP contribution is -2.21. The van der Waals surface area contributed by atoms with Crippen molar-refractivity contribution in [1.29, 1.82) is 0 Å². The summed E-state index contributed by atoms with van der Waals surface area (Å²) in [5, 5.41) is 9.49. The molecule has 0 amide bonds. The van der Waals surface area contributed by atoms with Crippen LogP contribution >= 0.6 is 0 Å². The number of ether oxygens (including phenoxy) is 1. The van der Waals surface area contributed by atoms with Crippen molar-refractivity contribution in [1.82, 2.24) is 0 Å². The number of nitrogens with two attached hydrogens (primary N) is 1. The van der Waals surface area contributed by atoms with Gasteiger partial charge in [-0.25, -0.2) is 0 Å². The van der Waals surface area contributed by atoms with E-state index in [1.54, 1.807) is 6.92 Å². The average Bonchev–Trinajstić information content (AvgIpc) is 2.47. The van der Waals surface area contributed by atoms with Crippen LogP contribution in [-0.2, 0) is 9.53 Å². The Hall–Kier alpha value is -0.610. The van der Waals surface area contributed by atoms with Gasteiger partial charge in [0.2, 0.25) is 0 Å². The molecule has 0 aliphatic heterocycles. The summed E-state index contributed by atoms with van der Waals surface area (Å²) in [5.41, 5.74) is 5.45.